The van der Waals surface area contributed by atoms with Gasteiger partial charge in [-0.25, -0.2) is 8.42 Å². The summed E-state index contributed by atoms with van der Waals surface area (Å²) in [5.74, 6) is 0.0194. The number of sulfonamides is 1. The van der Waals surface area contributed by atoms with Crippen LogP contribution in [-0.2, 0) is 21.2 Å². The van der Waals surface area contributed by atoms with Gasteiger partial charge in [-0.05, 0) is 55.3 Å². The van der Waals surface area contributed by atoms with Crippen LogP contribution in [0.25, 0.3) is 0 Å². The van der Waals surface area contributed by atoms with E-state index in [1.54, 1.807) is 24.3 Å². The van der Waals surface area contributed by atoms with Gasteiger partial charge in [0.05, 0.1) is 17.2 Å². The van der Waals surface area contributed by atoms with Gasteiger partial charge in [0.15, 0.2) is 0 Å². The quantitative estimate of drug-likeness (QED) is 0.501. The minimum absolute atomic E-state index is 0.0254. The minimum atomic E-state index is -3.95. The fourth-order valence-electron chi connectivity index (χ4n) is 2.98. The molecule has 3 aromatic rings. The molecule has 0 fully saturated rings. The van der Waals surface area contributed by atoms with Crippen LogP contribution in [0, 0.1) is 0 Å². The van der Waals surface area contributed by atoms with E-state index in [1.165, 1.54) is 24.3 Å². The number of hydrogen-bond donors (Lipinski definition) is 2. The Bertz CT molecular complexity index is 1120. The zero-order valence-corrected chi connectivity index (χ0v) is 18.5. The molecule has 3 rings (SSSR count). The first-order chi connectivity index (χ1) is 14.9. The van der Waals surface area contributed by atoms with Crippen LogP contribution < -0.4 is 14.8 Å². The fourth-order valence-corrected chi connectivity index (χ4v) is 4.30. The summed E-state index contributed by atoms with van der Waals surface area (Å²) < 4.78 is 33.9. The number of benzene rings is 3. The van der Waals surface area contributed by atoms with Crippen molar-refractivity contribution in [1.29, 1.82) is 0 Å². The van der Waals surface area contributed by atoms with Gasteiger partial charge in [0, 0.05) is 5.02 Å². The molecule has 0 saturated heterocycles. The molecule has 0 saturated carbocycles. The molecule has 0 unspecified atom stereocenters. The highest BCUT2D eigenvalue weighted by atomic mass is 35.5. The summed E-state index contributed by atoms with van der Waals surface area (Å²) in [5, 5.41) is 3.21. The van der Waals surface area contributed by atoms with Crippen LogP contribution in [0.3, 0.4) is 0 Å². The van der Waals surface area contributed by atoms with Crippen molar-refractivity contribution in [2.24, 2.45) is 0 Å². The van der Waals surface area contributed by atoms with E-state index < -0.39 is 22.0 Å². The van der Waals surface area contributed by atoms with Crippen LogP contribution in [0.2, 0.25) is 5.02 Å². The molecule has 1 atom stereocenters. The standard InChI is InChI=1S/C23H23ClN2O4S/c1-2-30-22-11-7-6-10-20(22)25-23(27)21(16-17-8-4-3-5-9-17)26-31(28,29)19-14-12-18(24)13-15-19/h3-15,21,26H,2,16H2,1H3,(H,25,27)/t21-/m1/s1. The Morgan fingerprint density at radius 1 is 0.968 bits per heavy atom. The molecule has 1 amide bonds. The van der Waals surface area contributed by atoms with Gasteiger partial charge >= 0.3 is 0 Å². The molecule has 6 nitrogen and oxygen atoms in total. The number of carbonyl (C=O) groups excluding carboxylic acids is 1. The van der Waals surface area contributed by atoms with Gasteiger partial charge in [0.1, 0.15) is 11.8 Å². The third-order valence-corrected chi connectivity index (χ3v) is 6.20. The Morgan fingerprint density at radius 2 is 1.61 bits per heavy atom. The van der Waals surface area contributed by atoms with Gasteiger partial charge in [-0.15, -0.1) is 0 Å². The highest BCUT2D eigenvalue weighted by Crippen LogP contribution is 2.24. The van der Waals surface area contributed by atoms with Crippen molar-refractivity contribution < 1.29 is 17.9 Å². The second kappa shape index (κ2) is 10.4. The van der Waals surface area contributed by atoms with Crippen molar-refractivity contribution in [1.82, 2.24) is 4.72 Å². The summed E-state index contributed by atoms with van der Waals surface area (Å²) >= 11 is 5.86. The van der Waals surface area contributed by atoms with Gasteiger partial charge in [-0.2, -0.15) is 4.72 Å². The van der Waals surface area contributed by atoms with Crippen LogP contribution in [0.5, 0.6) is 5.75 Å². The first kappa shape index (κ1) is 22.8. The molecule has 0 aliphatic rings. The third-order valence-electron chi connectivity index (χ3n) is 4.47. The summed E-state index contributed by atoms with van der Waals surface area (Å²) in [6.07, 6.45) is 0.177. The first-order valence-electron chi connectivity index (χ1n) is 9.73. The summed E-state index contributed by atoms with van der Waals surface area (Å²) in [6, 6.07) is 20.9. The Hall–Kier alpha value is -2.87. The molecule has 0 aliphatic carbocycles. The second-order valence-electron chi connectivity index (χ2n) is 6.74. The molecular weight excluding hydrogens is 436 g/mol. The van der Waals surface area contributed by atoms with E-state index in [0.29, 0.717) is 23.1 Å². The van der Waals surface area contributed by atoms with E-state index in [2.05, 4.69) is 10.0 Å². The molecule has 0 aromatic heterocycles. The fraction of sp³-hybridized carbons (Fsp3) is 0.174. The zero-order chi connectivity index (χ0) is 22.3. The molecule has 0 radical (unpaired) electrons. The number of halogens is 1. The number of hydrogen-bond acceptors (Lipinski definition) is 4. The average molecular weight is 459 g/mol. The zero-order valence-electron chi connectivity index (χ0n) is 16.9. The van der Waals surface area contributed by atoms with Gasteiger partial charge in [0.25, 0.3) is 0 Å². The van der Waals surface area contributed by atoms with E-state index >= 15 is 0 Å². The molecule has 31 heavy (non-hydrogen) atoms. The minimum Gasteiger partial charge on any atom is -0.492 e. The van der Waals surface area contributed by atoms with Gasteiger partial charge in [0.2, 0.25) is 15.9 Å². The summed E-state index contributed by atoms with van der Waals surface area (Å²) in [4.78, 5) is 13.1. The van der Waals surface area contributed by atoms with Crippen molar-refractivity contribution in [2.45, 2.75) is 24.3 Å². The van der Waals surface area contributed by atoms with Gasteiger partial charge < -0.3 is 10.1 Å². The maximum atomic E-state index is 13.1. The molecule has 0 bridgehead atoms. The van der Waals surface area contributed by atoms with E-state index in [1.807, 2.05) is 37.3 Å². The molecule has 2 N–H and O–H groups in total. The Balaban J connectivity index is 1.87. The molecule has 0 aliphatic heterocycles. The predicted molar refractivity (Wildman–Crippen MR) is 122 cm³/mol. The number of ether oxygens (including phenoxy) is 1. The summed E-state index contributed by atoms with van der Waals surface area (Å²) in [6.45, 7) is 2.28. The van der Waals surface area contributed by atoms with Crippen molar-refractivity contribution in [3.05, 3.63) is 89.4 Å². The van der Waals surface area contributed by atoms with Crippen molar-refractivity contribution in [3.63, 3.8) is 0 Å². The van der Waals surface area contributed by atoms with E-state index in [4.69, 9.17) is 16.3 Å². The number of carbonyl (C=O) groups is 1. The summed E-state index contributed by atoms with van der Waals surface area (Å²) in [5.41, 5.74) is 1.29. The predicted octanol–water partition coefficient (Wildman–Crippen LogP) is 4.27. The SMILES string of the molecule is CCOc1ccccc1NC(=O)[C@@H](Cc1ccccc1)NS(=O)(=O)c1ccc(Cl)cc1. The van der Waals surface area contributed by atoms with Crippen LogP contribution >= 0.6 is 11.6 Å². The molecule has 3 aromatic carbocycles. The topological polar surface area (TPSA) is 84.5 Å². The number of rotatable bonds is 9. The maximum absolute atomic E-state index is 13.1. The lowest BCUT2D eigenvalue weighted by Crippen LogP contribution is -2.45. The molecule has 0 heterocycles. The van der Waals surface area contributed by atoms with Crippen molar-refractivity contribution in [3.8, 4) is 5.75 Å². The Kier molecular flexibility index (Phi) is 7.68. The third kappa shape index (κ3) is 6.30. The van der Waals surface area contributed by atoms with Crippen LogP contribution in [0.15, 0.2) is 83.8 Å². The lowest BCUT2D eigenvalue weighted by molar-refractivity contribution is -0.117. The average Bonchev–Trinajstić information content (AvgIpc) is 2.76. The largest absolute Gasteiger partial charge is 0.492 e. The van der Waals surface area contributed by atoms with Crippen LogP contribution in [0.1, 0.15) is 12.5 Å². The van der Waals surface area contributed by atoms with Crippen molar-refractivity contribution >= 4 is 33.2 Å². The molecule has 162 valence electrons. The van der Waals surface area contributed by atoms with E-state index in [-0.39, 0.29) is 11.3 Å². The van der Waals surface area contributed by atoms with Gasteiger partial charge in [-0.3, -0.25) is 4.79 Å². The number of nitrogens with one attached hydrogen (secondary N) is 2. The lowest BCUT2D eigenvalue weighted by atomic mass is 10.1. The summed E-state index contributed by atoms with van der Waals surface area (Å²) in [7, 11) is -3.95. The maximum Gasteiger partial charge on any atom is 0.243 e. The highest BCUT2D eigenvalue weighted by molar-refractivity contribution is 7.89. The van der Waals surface area contributed by atoms with Crippen molar-refractivity contribution in [2.75, 3.05) is 11.9 Å². The monoisotopic (exact) mass is 458 g/mol. The Labute approximate surface area is 187 Å². The second-order valence-corrected chi connectivity index (χ2v) is 8.89. The van der Waals surface area contributed by atoms with Crippen LogP contribution in [-0.4, -0.2) is 27.0 Å². The first-order valence-corrected chi connectivity index (χ1v) is 11.6. The smallest absolute Gasteiger partial charge is 0.243 e. The van der Waals surface area contributed by atoms with E-state index in [0.717, 1.165) is 5.56 Å². The number of anilines is 1. The Morgan fingerprint density at radius 3 is 2.29 bits per heavy atom. The van der Waals surface area contributed by atoms with E-state index in [9.17, 15) is 13.2 Å². The molecular formula is C23H23ClN2O4S. The van der Waals surface area contributed by atoms with Gasteiger partial charge in [-0.1, -0.05) is 54.1 Å². The molecule has 8 heteroatoms. The normalized spacial score (nSPS) is 12.2. The lowest BCUT2D eigenvalue weighted by Gasteiger charge is -2.20. The number of amides is 1. The molecule has 0 spiro atoms. The number of para-hydroxylation sites is 2. The van der Waals surface area contributed by atoms with Crippen LogP contribution in [0.4, 0.5) is 5.69 Å². The highest BCUT2D eigenvalue weighted by Gasteiger charge is 2.27.